The fraction of sp³-hybridized carbons (Fsp3) is 0.444. The SMILES string of the molecule is COc1ccccc1-c1cc(C(=O)N[C@@H]2CCOC(C)(C)C2)[nH]n1. The molecule has 0 radical (unpaired) electrons. The van der Waals surface area contributed by atoms with Crippen LogP contribution in [0.4, 0.5) is 0 Å². The monoisotopic (exact) mass is 329 g/mol. The Hall–Kier alpha value is -2.34. The van der Waals surface area contributed by atoms with Crippen molar-refractivity contribution in [2.24, 2.45) is 0 Å². The van der Waals surface area contributed by atoms with E-state index in [1.165, 1.54) is 0 Å². The lowest BCUT2D eigenvalue weighted by Gasteiger charge is -2.35. The van der Waals surface area contributed by atoms with E-state index >= 15 is 0 Å². The summed E-state index contributed by atoms with van der Waals surface area (Å²) >= 11 is 0. The predicted molar refractivity (Wildman–Crippen MR) is 91.1 cm³/mol. The zero-order valence-corrected chi connectivity index (χ0v) is 14.3. The molecule has 2 N–H and O–H groups in total. The summed E-state index contributed by atoms with van der Waals surface area (Å²) in [4.78, 5) is 12.5. The second-order valence-corrected chi connectivity index (χ2v) is 6.64. The number of rotatable bonds is 4. The van der Waals surface area contributed by atoms with Gasteiger partial charge in [0, 0.05) is 18.2 Å². The van der Waals surface area contributed by atoms with Crippen LogP contribution in [0.1, 0.15) is 37.2 Å². The van der Waals surface area contributed by atoms with Gasteiger partial charge in [-0.05, 0) is 44.9 Å². The van der Waals surface area contributed by atoms with Crippen LogP contribution in [0.2, 0.25) is 0 Å². The third kappa shape index (κ3) is 3.59. The van der Waals surface area contributed by atoms with E-state index < -0.39 is 0 Å². The standard InChI is InChI=1S/C18H23N3O3/c1-18(2)11-12(8-9-24-18)19-17(22)15-10-14(20-21-15)13-6-4-5-7-16(13)23-3/h4-7,10,12H,8-9,11H2,1-3H3,(H,19,22)(H,20,21)/t12-/m1/s1. The molecule has 1 amide bonds. The molecule has 2 heterocycles. The van der Waals surface area contributed by atoms with E-state index in [2.05, 4.69) is 15.5 Å². The highest BCUT2D eigenvalue weighted by molar-refractivity contribution is 5.93. The van der Waals surface area contributed by atoms with Crippen molar-refractivity contribution >= 4 is 5.91 Å². The smallest absolute Gasteiger partial charge is 0.269 e. The van der Waals surface area contributed by atoms with Gasteiger partial charge in [0.1, 0.15) is 11.4 Å². The maximum absolute atomic E-state index is 12.5. The van der Waals surface area contributed by atoms with Crippen molar-refractivity contribution in [3.05, 3.63) is 36.0 Å². The van der Waals surface area contributed by atoms with Crippen molar-refractivity contribution in [1.29, 1.82) is 0 Å². The number of carbonyl (C=O) groups is 1. The number of hydrogen-bond donors (Lipinski definition) is 2. The molecule has 6 nitrogen and oxygen atoms in total. The number of aromatic amines is 1. The number of amides is 1. The number of aromatic nitrogens is 2. The van der Waals surface area contributed by atoms with Gasteiger partial charge in [0.05, 0.1) is 18.4 Å². The molecule has 0 aliphatic carbocycles. The fourth-order valence-electron chi connectivity index (χ4n) is 3.05. The third-order valence-corrected chi connectivity index (χ3v) is 4.24. The summed E-state index contributed by atoms with van der Waals surface area (Å²) < 4.78 is 11.0. The lowest BCUT2D eigenvalue weighted by molar-refractivity contribution is -0.0615. The minimum absolute atomic E-state index is 0.110. The summed E-state index contributed by atoms with van der Waals surface area (Å²) in [6.45, 7) is 4.75. The zero-order valence-electron chi connectivity index (χ0n) is 14.3. The fourth-order valence-corrected chi connectivity index (χ4v) is 3.05. The number of nitrogens with one attached hydrogen (secondary N) is 2. The molecule has 24 heavy (non-hydrogen) atoms. The van der Waals surface area contributed by atoms with Gasteiger partial charge in [-0.2, -0.15) is 5.10 Å². The number of methoxy groups -OCH3 is 1. The molecule has 0 spiro atoms. The first-order valence-electron chi connectivity index (χ1n) is 8.12. The Bertz CT molecular complexity index is 724. The Balaban J connectivity index is 1.72. The highest BCUT2D eigenvalue weighted by Crippen LogP contribution is 2.28. The Morgan fingerprint density at radius 3 is 2.96 bits per heavy atom. The lowest BCUT2D eigenvalue weighted by atomic mass is 9.94. The topological polar surface area (TPSA) is 76.2 Å². The van der Waals surface area contributed by atoms with E-state index in [9.17, 15) is 4.79 Å². The molecule has 1 saturated heterocycles. The number of benzene rings is 1. The molecule has 1 atom stereocenters. The van der Waals surface area contributed by atoms with E-state index in [1.807, 2.05) is 38.1 Å². The first-order valence-corrected chi connectivity index (χ1v) is 8.12. The average Bonchev–Trinajstić information content (AvgIpc) is 3.04. The molecule has 1 aliphatic rings. The predicted octanol–water partition coefficient (Wildman–Crippen LogP) is 2.77. The summed E-state index contributed by atoms with van der Waals surface area (Å²) in [5, 5.41) is 10.1. The van der Waals surface area contributed by atoms with Gasteiger partial charge in [0.2, 0.25) is 0 Å². The van der Waals surface area contributed by atoms with Crippen LogP contribution >= 0.6 is 0 Å². The van der Waals surface area contributed by atoms with Gasteiger partial charge in [-0.1, -0.05) is 12.1 Å². The molecule has 3 rings (SSSR count). The molecule has 128 valence electrons. The second-order valence-electron chi connectivity index (χ2n) is 6.64. The van der Waals surface area contributed by atoms with Crippen molar-refractivity contribution < 1.29 is 14.3 Å². The van der Waals surface area contributed by atoms with Crippen molar-refractivity contribution in [3.8, 4) is 17.0 Å². The van der Waals surface area contributed by atoms with Gasteiger partial charge < -0.3 is 14.8 Å². The zero-order chi connectivity index (χ0) is 17.2. The summed E-state index contributed by atoms with van der Waals surface area (Å²) in [6.07, 6.45) is 1.62. The molecular formula is C18H23N3O3. The van der Waals surface area contributed by atoms with Gasteiger partial charge in [-0.25, -0.2) is 0 Å². The number of carbonyl (C=O) groups excluding carboxylic acids is 1. The van der Waals surface area contributed by atoms with Gasteiger partial charge in [-0.3, -0.25) is 9.89 Å². The summed E-state index contributed by atoms with van der Waals surface area (Å²) in [5.74, 6) is 0.577. The van der Waals surface area contributed by atoms with Crippen molar-refractivity contribution in [3.63, 3.8) is 0 Å². The number of hydrogen-bond acceptors (Lipinski definition) is 4. The first-order chi connectivity index (χ1) is 11.5. The molecule has 6 heteroatoms. The lowest BCUT2D eigenvalue weighted by Crippen LogP contribution is -2.45. The highest BCUT2D eigenvalue weighted by atomic mass is 16.5. The number of nitrogens with zero attached hydrogens (tertiary/aromatic N) is 1. The second kappa shape index (κ2) is 6.65. The number of H-pyrrole nitrogens is 1. The summed E-state index contributed by atoms with van der Waals surface area (Å²) in [5.41, 5.74) is 1.78. The van der Waals surface area contributed by atoms with Gasteiger partial charge in [0.15, 0.2) is 0 Å². The largest absolute Gasteiger partial charge is 0.496 e. The molecule has 2 aromatic rings. The van der Waals surface area contributed by atoms with Crippen LogP contribution in [-0.4, -0.2) is 41.5 Å². The quantitative estimate of drug-likeness (QED) is 0.904. The Morgan fingerprint density at radius 2 is 2.21 bits per heavy atom. The maximum Gasteiger partial charge on any atom is 0.269 e. The minimum atomic E-state index is -0.202. The number of para-hydroxylation sites is 1. The van der Waals surface area contributed by atoms with Crippen molar-refractivity contribution in [2.75, 3.05) is 13.7 Å². The van der Waals surface area contributed by atoms with Gasteiger partial charge >= 0.3 is 0 Å². The van der Waals surface area contributed by atoms with Crippen LogP contribution in [-0.2, 0) is 4.74 Å². The Morgan fingerprint density at radius 1 is 1.42 bits per heavy atom. The molecule has 1 aromatic carbocycles. The summed E-state index contributed by atoms with van der Waals surface area (Å²) in [6, 6.07) is 9.45. The minimum Gasteiger partial charge on any atom is -0.496 e. The maximum atomic E-state index is 12.5. The highest BCUT2D eigenvalue weighted by Gasteiger charge is 2.30. The van der Waals surface area contributed by atoms with Crippen LogP contribution in [0.15, 0.2) is 30.3 Å². The van der Waals surface area contributed by atoms with E-state index in [0.29, 0.717) is 18.0 Å². The van der Waals surface area contributed by atoms with Gasteiger partial charge in [-0.15, -0.1) is 0 Å². The molecule has 1 aliphatic heterocycles. The Kier molecular flexibility index (Phi) is 4.57. The van der Waals surface area contributed by atoms with Crippen LogP contribution in [0, 0.1) is 0 Å². The van der Waals surface area contributed by atoms with Crippen LogP contribution in [0.5, 0.6) is 5.75 Å². The van der Waals surface area contributed by atoms with E-state index in [1.54, 1.807) is 13.2 Å². The van der Waals surface area contributed by atoms with Crippen LogP contribution in [0.25, 0.3) is 11.3 Å². The average molecular weight is 329 g/mol. The van der Waals surface area contributed by atoms with Crippen LogP contribution < -0.4 is 10.1 Å². The third-order valence-electron chi connectivity index (χ3n) is 4.24. The Labute approximate surface area is 141 Å². The van der Waals surface area contributed by atoms with E-state index in [0.717, 1.165) is 24.2 Å². The molecule has 0 saturated carbocycles. The normalized spacial score (nSPS) is 19.7. The summed E-state index contributed by atoms with van der Waals surface area (Å²) in [7, 11) is 1.62. The molecule has 1 aromatic heterocycles. The number of ether oxygens (including phenoxy) is 2. The molecular weight excluding hydrogens is 306 g/mol. The van der Waals surface area contributed by atoms with E-state index in [4.69, 9.17) is 9.47 Å². The first kappa shape index (κ1) is 16.5. The van der Waals surface area contributed by atoms with Crippen LogP contribution in [0.3, 0.4) is 0 Å². The molecule has 0 unspecified atom stereocenters. The molecule has 0 bridgehead atoms. The van der Waals surface area contributed by atoms with Gasteiger partial charge in [0.25, 0.3) is 5.91 Å². The van der Waals surface area contributed by atoms with E-state index in [-0.39, 0.29) is 17.6 Å². The van der Waals surface area contributed by atoms with Crippen molar-refractivity contribution in [1.82, 2.24) is 15.5 Å². The molecule has 1 fully saturated rings. The van der Waals surface area contributed by atoms with Crippen molar-refractivity contribution in [2.45, 2.75) is 38.3 Å².